The number of likely N-dealkylation sites (N-methyl/N-ethyl adjacent to an activating group) is 1. The highest BCUT2D eigenvalue weighted by Crippen LogP contribution is 2.00. The fraction of sp³-hybridized carbons (Fsp3) is 1.00. The zero-order valence-corrected chi connectivity index (χ0v) is 6.58. The second-order valence-electron chi connectivity index (χ2n) is 2.90. The minimum atomic E-state index is 0.503. The number of nitrogens with two attached hydrogens (primary N) is 1. The van der Waals surface area contributed by atoms with E-state index in [-0.39, 0.29) is 0 Å². The van der Waals surface area contributed by atoms with Crippen LogP contribution in [0.2, 0.25) is 0 Å². The van der Waals surface area contributed by atoms with Crippen molar-refractivity contribution in [1.29, 1.82) is 0 Å². The summed E-state index contributed by atoms with van der Waals surface area (Å²) in [5, 5.41) is 4.45. The molecule has 1 saturated heterocycles. The van der Waals surface area contributed by atoms with Gasteiger partial charge in [0.2, 0.25) is 0 Å². The first-order valence-corrected chi connectivity index (χ1v) is 3.88. The van der Waals surface area contributed by atoms with E-state index in [0.29, 0.717) is 6.04 Å². The smallest absolute Gasteiger partial charge is 0.0385 e. The topological polar surface area (TPSA) is 43.4 Å². The standard InChI is InChI=1S/C7H16N3/c1-10-5-4-9-7(6-10)2-3-8/h7H,2-6,8H2,1H3. The first-order chi connectivity index (χ1) is 4.83. The van der Waals surface area contributed by atoms with Crippen molar-refractivity contribution in [2.45, 2.75) is 12.5 Å². The van der Waals surface area contributed by atoms with Crippen LogP contribution in [0, 0.1) is 0 Å². The fourth-order valence-corrected chi connectivity index (χ4v) is 1.29. The lowest BCUT2D eigenvalue weighted by atomic mass is 10.1. The monoisotopic (exact) mass is 142 g/mol. The Balaban J connectivity index is 2.18. The molecule has 0 aromatic heterocycles. The van der Waals surface area contributed by atoms with Crippen LogP contribution in [0.5, 0.6) is 0 Å². The second-order valence-corrected chi connectivity index (χ2v) is 2.90. The average molecular weight is 142 g/mol. The molecule has 0 aliphatic carbocycles. The molecule has 0 spiro atoms. The molecule has 0 aromatic carbocycles. The first-order valence-electron chi connectivity index (χ1n) is 3.88. The highest BCUT2D eigenvalue weighted by Gasteiger charge is 2.15. The molecule has 1 atom stereocenters. The van der Waals surface area contributed by atoms with Gasteiger partial charge in [0, 0.05) is 25.7 Å². The molecule has 0 aromatic rings. The van der Waals surface area contributed by atoms with Gasteiger partial charge in [0.15, 0.2) is 0 Å². The summed E-state index contributed by atoms with van der Waals surface area (Å²) in [4.78, 5) is 2.31. The Kier molecular flexibility index (Phi) is 3.12. The van der Waals surface area contributed by atoms with Gasteiger partial charge in [-0.05, 0) is 20.0 Å². The average Bonchev–Trinajstić information content (AvgIpc) is 1.88. The normalized spacial score (nSPS) is 28.8. The Labute approximate surface area is 62.6 Å². The molecular weight excluding hydrogens is 126 g/mol. The van der Waals surface area contributed by atoms with E-state index in [2.05, 4.69) is 17.3 Å². The Morgan fingerprint density at radius 2 is 2.50 bits per heavy atom. The van der Waals surface area contributed by atoms with Gasteiger partial charge in [0.25, 0.3) is 0 Å². The fourth-order valence-electron chi connectivity index (χ4n) is 1.29. The van der Waals surface area contributed by atoms with Gasteiger partial charge in [0.1, 0.15) is 0 Å². The van der Waals surface area contributed by atoms with E-state index in [9.17, 15) is 0 Å². The Morgan fingerprint density at radius 1 is 1.70 bits per heavy atom. The van der Waals surface area contributed by atoms with Crippen LogP contribution in [0.4, 0.5) is 0 Å². The van der Waals surface area contributed by atoms with Crippen LogP contribution in [0.25, 0.3) is 0 Å². The number of rotatable bonds is 2. The van der Waals surface area contributed by atoms with Gasteiger partial charge < -0.3 is 10.6 Å². The Bertz CT molecular complexity index is 92.9. The van der Waals surface area contributed by atoms with Gasteiger partial charge >= 0.3 is 0 Å². The van der Waals surface area contributed by atoms with Crippen molar-refractivity contribution in [1.82, 2.24) is 10.2 Å². The van der Waals surface area contributed by atoms with Crippen LogP contribution in [0.15, 0.2) is 0 Å². The number of piperazine rings is 1. The van der Waals surface area contributed by atoms with Crippen molar-refractivity contribution >= 4 is 0 Å². The van der Waals surface area contributed by atoms with E-state index >= 15 is 0 Å². The molecule has 2 N–H and O–H groups in total. The van der Waals surface area contributed by atoms with Crippen molar-refractivity contribution in [2.24, 2.45) is 5.73 Å². The maximum absolute atomic E-state index is 5.43. The van der Waals surface area contributed by atoms with E-state index in [0.717, 1.165) is 32.6 Å². The Hall–Kier alpha value is -0.120. The molecule has 1 aliphatic heterocycles. The van der Waals surface area contributed by atoms with Crippen molar-refractivity contribution in [3.05, 3.63) is 0 Å². The minimum Gasteiger partial charge on any atom is -0.330 e. The molecule has 1 aliphatic rings. The molecule has 3 heteroatoms. The summed E-state index contributed by atoms with van der Waals surface area (Å²) in [7, 11) is 2.14. The van der Waals surface area contributed by atoms with E-state index in [4.69, 9.17) is 5.73 Å². The van der Waals surface area contributed by atoms with E-state index in [1.165, 1.54) is 0 Å². The highest BCUT2D eigenvalue weighted by atomic mass is 15.2. The summed E-state index contributed by atoms with van der Waals surface area (Å²) in [5.74, 6) is 0. The molecule has 1 unspecified atom stereocenters. The molecule has 1 fully saturated rings. The molecule has 0 saturated carbocycles. The zero-order chi connectivity index (χ0) is 7.40. The van der Waals surface area contributed by atoms with Crippen LogP contribution in [0.3, 0.4) is 0 Å². The predicted octanol–water partition coefficient (Wildman–Crippen LogP) is -0.746. The zero-order valence-electron chi connectivity index (χ0n) is 6.58. The van der Waals surface area contributed by atoms with Crippen molar-refractivity contribution in [3.63, 3.8) is 0 Å². The molecule has 1 heterocycles. The summed E-state index contributed by atoms with van der Waals surface area (Å²) in [6.07, 6.45) is 1.05. The molecule has 0 amide bonds. The van der Waals surface area contributed by atoms with Crippen LogP contribution in [-0.4, -0.2) is 44.2 Å². The third kappa shape index (κ3) is 2.25. The largest absolute Gasteiger partial charge is 0.330 e. The van der Waals surface area contributed by atoms with Gasteiger partial charge in [-0.1, -0.05) is 0 Å². The summed E-state index contributed by atoms with van der Waals surface area (Å²) in [6.45, 7) is 3.96. The van der Waals surface area contributed by atoms with Gasteiger partial charge in [-0.15, -0.1) is 0 Å². The number of hydrogen-bond donors (Lipinski definition) is 1. The third-order valence-corrected chi connectivity index (χ3v) is 1.89. The lowest BCUT2D eigenvalue weighted by Crippen LogP contribution is -2.45. The first kappa shape index (κ1) is 7.98. The van der Waals surface area contributed by atoms with Crippen LogP contribution >= 0.6 is 0 Å². The SMILES string of the molecule is CN1CC[N]C(CCN)C1. The van der Waals surface area contributed by atoms with Gasteiger partial charge in [0.05, 0.1) is 0 Å². The summed E-state index contributed by atoms with van der Waals surface area (Å²) in [5.41, 5.74) is 5.43. The van der Waals surface area contributed by atoms with Crippen LogP contribution in [-0.2, 0) is 0 Å². The maximum Gasteiger partial charge on any atom is 0.0385 e. The van der Waals surface area contributed by atoms with Gasteiger partial charge in [-0.2, -0.15) is 0 Å². The summed E-state index contributed by atoms with van der Waals surface area (Å²) in [6, 6.07) is 0.503. The maximum atomic E-state index is 5.43. The number of nitrogens with zero attached hydrogens (tertiary/aromatic N) is 2. The highest BCUT2D eigenvalue weighted by molar-refractivity contribution is 4.75. The van der Waals surface area contributed by atoms with Crippen molar-refractivity contribution in [3.8, 4) is 0 Å². The van der Waals surface area contributed by atoms with Crippen molar-refractivity contribution in [2.75, 3.05) is 33.2 Å². The molecule has 0 bridgehead atoms. The quantitative estimate of drug-likeness (QED) is 0.551. The van der Waals surface area contributed by atoms with Crippen LogP contribution < -0.4 is 11.1 Å². The van der Waals surface area contributed by atoms with Crippen LogP contribution in [0.1, 0.15) is 6.42 Å². The molecule has 1 radical (unpaired) electrons. The van der Waals surface area contributed by atoms with Crippen molar-refractivity contribution < 1.29 is 0 Å². The molecule has 3 nitrogen and oxygen atoms in total. The predicted molar refractivity (Wildman–Crippen MR) is 42.0 cm³/mol. The van der Waals surface area contributed by atoms with E-state index in [1.807, 2.05) is 0 Å². The molecule has 1 rings (SSSR count). The van der Waals surface area contributed by atoms with E-state index in [1.54, 1.807) is 0 Å². The molecule has 59 valence electrons. The summed E-state index contributed by atoms with van der Waals surface area (Å²) >= 11 is 0. The molecular formula is C7H16N3. The minimum absolute atomic E-state index is 0.503. The lowest BCUT2D eigenvalue weighted by Gasteiger charge is -2.28. The van der Waals surface area contributed by atoms with Gasteiger partial charge in [-0.3, -0.25) is 0 Å². The van der Waals surface area contributed by atoms with Gasteiger partial charge in [-0.25, -0.2) is 5.32 Å². The lowest BCUT2D eigenvalue weighted by molar-refractivity contribution is 0.229. The summed E-state index contributed by atoms with van der Waals surface area (Å²) < 4.78 is 0. The number of hydrogen-bond acceptors (Lipinski definition) is 2. The second kappa shape index (κ2) is 3.91. The molecule has 10 heavy (non-hydrogen) atoms. The van der Waals surface area contributed by atoms with E-state index < -0.39 is 0 Å². The Morgan fingerprint density at radius 3 is 3.10 bits per heavy atom. The third-order valence-electron chi connectivity index (χ3n) is 1.89.